The minimum Gasteiger partial charge on any atom is -0.310 e. The summed E-state index contributed by atoms with van der Waals surface area (Å²) < 4.78 is 4.78. The van der Waals surface area contributed by atoms with E-state index in [0.29, 0.717) is 0 Å². The summed E-state index contributed by atoms with van der Waals surface area (Å²) in [5.74, 6) is 0. The molecule has 4 heteroatoms. The lowest BCUT2D eigenvalue weighted by molar-refractivity contribution is 1.15. The Morgan fingerprint density at radius 1 is 0.600 bits per heavy atom. The number of hydrogen-bond acceptors (Lipinski definition) is 1. The average Bonchev–Trinajstić information content (AvgIpc) is 3.43. The van der Waals surface area contributed by atoms with E-state index >= 15 is 0 Å². The van der Waals surface area contributed by atoms with E-state index in [0.717, 1.165) is 22.2 Å². The summed E-state index contributed by atoms with van der Waals surface area (Å²) in [4.78, 5) is 0. The maximum atomic E-state index is 10.5. The smallest absolute Gasteiger partial charge is 0.252 e. The molecule has 2 aliphatic rings. The second-order valence-corrected chi connectivity index (χ2v) is 9.63. The fraction of sp³-hybridized carbons (Fsp3) is 0. The molecule has 7 aromatic rings. The van der Waals surface area contributed by atoms with Gasteiger partial charge in [0.25, 0.3) is 6.71 Å². The predicted octanol–water partition coefficient (Wildman–Crippen LogP) is 4.90. The molecule has 2 aromatic heterocycles. The molecule has 4 heterocycles. The fourth-order valence-electron chi connectivity index (χ4n) is 6.92. The van der Waals surface area contributed by atoms with Crippen LogP contribution in [-0.2, 0) is 0 Å². The summed E-state index contributed by atoms with van der Waals surface area (Å²) in [5, 5.41) is 15.3. The van der Waals surface area contributed by atoms with Crippen LogP contribution in [0.3, 0.4) is 0 Å². The standard InChI is InChI=1S/C31H16BN3/c33-17-18-16-22-20-9-2-4-13-25(20)34-27-15-6-3-11-23(27)32-24-12-7-10-21-19-8-1-5-14-26(19)35(30(21)24)29(18)28(32)31(22)34/h1-16H. The highest BCUT2D eigenvalue weighted by molar-refractivity contribution is 7.00. The molecule has 0 atom stereocenters. The van der Waals surface area contributed by atoms with Crippen molar-refractivity contribution in [3.63, 3.8) is 0 Å². The van der Waals surface area contributed by atoms with Crippen LogP contribution >= 0.6 is 0 Å². The van der Waals surface area contributed by atoms with Crippen molar-refractivity contribution in [2.45, 2.75) is 0 Å². The zero-order valence-corrected chi connectivity index (χ0v) is 18.7. The van der Waals surface area contributed by atoms with Gasteiger partial charge in [0.2, 0.25) is 0 Å². The van der Waals surface area contributed by atoms with Gasteiger partial charge in [-0.2, -0.15) is 5.26 Å². The largest absolute Gasteiger partial charge is 0.310 e. The molecule has 5 aromatic carbocycles. The Labute approximate surface area is 201 Å². The first-order valence-electron chi connectivity index (χ1n) is 12.0. The summed E-state index contributed by atoms with van der Waals surface area (Å²) in [5.41, 5.74) is 11.6. The third kappa shape index (κ3) is 1.85. The van der Waals surface area contributed by atoms with Gasteiger partial charge in [0, 0.05) is 32.7 Å². The number of fused-ring (bicyclic) bond motifs is 11. The van der Waals surface area contributed by atoms with Crippen molar-refractivity contribution in [3.05, 3.63) is 103 Å². The van der Waals surface area contributed by atoms with E-state index in [1.807, 2.05) is 0 Å². The first-order valence-corrected chi connectivity index (χ1v) is 12.0. The lowest BCUT2D eigenvalue weighted by Crippen LogP contribution is -2.59. The molecule has 3 nitrogen and oxygen atoms in total. The van der Waals surface area contributed by atoms with E-state index in [9.17, 15) is 5.26 Å². The molecule has 0 aliphatic carbocycles. The van der Waals surface area contributed by atoms with Crippen LogP contribution in [0.1, 0.15) is 5.56 Å². The highest BCUT2D eigenvalue weighted by Gasteiger charge is 2.41. The SMILES string of the molecule is N#Cc1cc2c3ccccc3n3c2c2c1-n1c4ccccc4c4cccc(c41)B2c1ccccc1-3. The van der Waals surface area contributed by atoms with Crippen molar-refractivity contribution >= 4 is 66.7 Å². The Morgan fingerprint density at radius 2 is 1.26 bits per heavy atom. The number of aromatic nitrogens is 2. The van der Waals surface area contributed by atoms with Crippen LogP contribution in [0.15, 0.2) is 97.1 Å². The zero-order valence-electron chi connectivity index (χ0n) is 18.7. The number of nitrogens with zero attached hydrogens (tertiary/aromatic N) is 3. The van der Waals surface area contributed by atoms with E-state index in [2.05, 4.69) is 112 Å². The van der Waals surface area contributed by atoms with Crippen LogP contribution in [0, 0.1) is 11.3 Å². The summed E-state index contributed by atoms with van der Waals surface area (Å²) >= 11 is 0. The van der Waals surface area contributed by atoms with Gasteiger partial charge in [-0.3, -0.25) is 0 Å². The second-order valence-electron chi connectivity index (χ2n) is 9.63. The quantitative estimate of drug-likeness (QED) is 0.309. The third-order valence-electron chi connectivity index (χ3n) is 8.13. The van der Waals surface area contributed by atoms with E-state index in [1.54, 1.807) is 0 Å². The number of nitriles is 1. The molecule has 0 radical (unpaired) electrons. The highest BCUT2D eigenvalue weighted by atomic mass is 15.0. The summed E-state index contributed by atoms with van der Waals surface area (Å²) in [7, 11) is 0. The molecule has 35 heavy (non-hydrogen) atoms. The zero-order chi connectivity index (χ0) is 22.8. The molecule has 2 aliphatic heterocycles. The van der Waals surface area contributed by atoms with Crippen LogP contribution in [-0.4, -0.2) is 15.8 Å². The lowest BCUT2D eigenvalue weighted by Gasteiger charge is -2.33. The minimum absolute atomic E-state index is 0.0781. The number of para-hydroxylation sites is 4. The van der Waals surface area contributed by atoms with E-state index in [-0.39, 0.29) is 6.71 Å². The van der Waals surface area contributed by atoms with Gasteiger partial charge >= 0.3 is 0 Å². The van der Waals surface area contributed by atoms with Gasteiger partial charge in [0.15, 0.2) is 0 Å². The van der Waals surface area contributed by atoms with Crippen molar-refractivity contribution < 1.29 is 0 Å². The molecule has 9 rings (SSSR count). The third-order valence-corrected chi connectivity index (χ3v) is 8.13. The van der Waals surface area contributed by atoms with Crippen LogP contribution < -0.4 is 16.4 Å². The second kappa shape index (κ2) is 5.84. The molecule has 0 spiro atoms. The van der Waals surface area contributed by atoms with Crippen molar-refractivity contribution in [2.75, 3.05) is 0 Å². The molecule has 0 fully saturated rings. The van der Waals surface area contributed by atoms with Gasteiger partial charge in [-0.15, -0.1) is 0 Å². The van der Waals surface area contributed by atoms with E-state index in [4.69, 9.17) is 0 Å². The number of rotatable bonds is 0. The van der Waals surface area contributed by atoms with Crippen molar-refractivity contribution in [2.24, 2.45) is 0 Å². The summed E-state index contributed by atoms with van der Waals surface area (Å²) in [6.45, 7) is 0.0781. The Morgan fingerprint density at radius 3 is 2.09 bits per heavy atom. The van der Waals surface area contributed by atoms with Crippen molar-refractivity contribution in [3.8, 4) is 17.4 Å². The van der Waals surface area contributed by atoms with E-state index in [1.165, 1.54) is 54.8 Å². The average molecular weight is 441 g/mol. The molecule has 0 N–H and O–H groups in total. The first kappa shape index (κ1) is 17.7. The van der Waals surface area contributed by atoms with Crippen LogP contribution in [0.4, 0.5) is 0 Å². The number of benzene rings is 5. The Hall–Kier alpha value is -4.75. The molecule has 0 saturated carbocycles. The fourth-order valence-corrected chi connectivity index (χ4v) is 6.92. The van der Waals surface area contributed by atoms with Crippen molar-refractivity contribution in [1.82, 2.24) is 9.13 Å². The Bertz CT molecular complexity index is 2140. The van der Waals surface area contributed by atoms with Gasteiger partial charge < -0.3 is 9.13 Å². The maximum absolute atomic E-state index is 10.5. The maximum Gasteiger partial charge on any atom is 0.252 e. The van der Waals surface area contributed by atoms with E-state index < -0.39 is 0 Å². The molecular weight excluding hydrogens is 425 g/mol. The highest BCUT2D eigenvalue weighted by Crippen LogP contribution is 2.40. The normalized spacial score (nSPS) is 13.1. The predicted molar refractivity (Wildman–Crippen MR) is 144 cm³/mol. The van der Waals surface area contributed by atoms with Gasteiger partial charge in [0.05, 0.1) is 27.8 Å². The monoisotopic (exact) mass is 441 g/mol. The van der Waals surface area contributed by atoms with Gasteiger partial charge in [0.1, 0.15) is 6.07 Å². The molecule has 158 valence electrons. The molecular formula is C31H16BN3. The van der Waals surface area contributed by atoms with Gasteiger partial charge in [-0.05, 0) is 40.7 Å². The first-order chi connectivity index (χ1) is 17.4. The van der Waals surface area contributed by atoms with Crippen LogP contribution in [0.5, 0.6) is 0 Å². The van der Waals surface area contributed by atoms with Crippen molar-refractivity contribution in [1.29, 1.82) is 5.26 Å². The molecule has 0 amide bonds. The van der Waals surface area contributed by atoms with Gasteiger partial charge in [-0.1, -0.05) is 72.8 Å². The van der Waals surface area contributed by atoms with Crippen LogP contribution in [0.2, 0.25) is 0 Å². The summed E-state index contributed by atoms with van der Waals surface area (Å²) in [6, 6.07) is 37.4. The Balaban J connectivity index is 1.66. The Kier molecular flexibility index (Phi) is 2.95. The molecule has 0 saturated heterocycles. The van der Waals surface area contributed by atoms with Crippen LogP contribution in [0.25, 0.3) is 55.0 Å². The lowest BCUT2D eigenvalue weighted by atomic mass is 9.34. The molecule has 0 bridgehead atoms. The molecule has 0 unspecified atom stereocenters. The topological polar surface area (TPSA) is 33.6 Å². The van der Waals surface area contributed by atoms with Gasteiger partial charge in [-0.25, -0.2) is 0 Å². The number of hydrogen-bond donors (Lipinski definition) is 0. The minimum atomic E-state index is 0.0781. The summed E-state index contributed by atoms with van der Waals surface area (Å²) in [6.07, 6.45) is 0.